The number of carbonyl (C=O) groups excluding carboxylic acids is 2. The first kappa shape index (κ1) is 20.6. The minimum atomic E-state index is -0.656. The van der Waals surface area contributed by atoms with E-state index in [2.05, 4.69) is 31.7 Å². The van der Waals surface area contributed by atoms with E-state index in [1.165, 1.54) is 0 Å². The van der Waals surface area contributed by atoms with Gasteiger partial charge in [0.1, 0.15) is 17.3 Å². The number of hydrogen-bond acceptors (Lipinski definition) is 6. The van der Waals surface area contributed by atoms with Gasteiger partial charge in [0.25, 0.3) is 0 Å². The Morgan fingerprint density at radius 1 is 1.42 bits per heavy atom. The lowest BCUT2D eigenvalue weighted by molar-refractivity contribution is -0.123. The zero-order valence-electron chi connectivity index (χ0n) is 14.4. The molecule has 1 aromatic rings. The zero-order chi connectivity index (χ0) is 18.8. The van der Waals surface area contributed by atoms with Crippen LogP contribution in [0, 0.1) is 0 Å². The maximum atomic E-state index is 12.4. The van der Waals surface area contributed by atoms with Crippen LogP contribution in [0.3, 0.4) is 0 Å². The molecular weight excluding hydrogens is 422 g/mol. The van der Waals surface area contributed by atoms with Crippen molar-refractivity contribution in [3.05, 3.63) is 35.9 Å². The average Bonchev–Trinajstić information content (AvgIpc) is 3.07. The van der Waals surface area contributed by atoms with Crippen molar-refractivity contribution in [3.63, 3.8) is 0 Å². The highest BCUT2D eigenvalue weighted by Gasteiger charge is 2.24. The first-order chi connectivity index (χ1) is 12.6. The second-order valence-electron chi connectivity index (χ2n) is 5.68. The highest BCUT2D eigenvalue weighted by atomic mass is 79.9. The third-order valence-electron chi connectivity index (χ3n) is 3.63. The molecule has 1 aliphatic rings. The van der Waals surface area contributed by atoms with E-state index in [-0.39, 0.29) is 18.6 Å². The molecule has 2 amide bonds. The summed E-state index contributed by atoms with van der Waals surface area (Å²) in [6.07, 6.45) is 2.27. The molecule has 0 radical (unpaired) electrons. The third-order valence-corrected chi connectivity index (χ3v) is 4.75. The molecule has 0 aliphatic carbocycles. The van der Waals surface area contributed by atoms with Gasteiger partial charge in [-0.1, -0.05) is 35.5 Å². The summed E-state index contributed by atoms with van der Waals surface area (Å²) in [5.74, 6) is 0.480. The highest BCUT2D eigenvalue weighted by molar-refractivity contribution is 9.18. The largest absolute Gasteiger partial charge is 0.445 e. The molecule has 142 valence electrons. The Morgan fingerprint density at radius 3 is 2.85 bits per heavy atom. The van der Waals surface area contributed by atoms with Crippen LogP contribution in [-0.4, -0.2) is 47.3 Å². The Bertz CT molecular complexity index is 630. The van der Waals surface area contributed by atoms with Crippen molar-refractivity contribution in [1.82, 2.24) is 10.6 Å². The molecule has 2 N–H and O–H groups in total. The number of nitrogens with zero attached hydrogens (tertiary/aromatic N) is 1. The number of rotatable bonds is 9. The molecule has 1 aromatic carbocycles. The summed E-state index contributed by atoms with van der Waals surface area (Å²) < 4.78 is 5.92. The lowest BCUT2D eigenvalue weighted by Crippen LogP contribution is -2.48. The van der Waals surface area contributed by atoms with Gasteiger partial charge >= 0.3 is 6.09 Å². The number of halogens is 1. The van der Waals surface area contributed by atoms with Gasteiger partial charge < -0.3 is 20.2 Å². The van der Waals surface area contributed by atoms with Crippen LogP contribution in [0.2, 0.25) is 0 Å². The number of amides is 2. The van der Waals surface area contributed by atoms with Crippen LogP contribution in [0.25, 0.3) is 0 Å². The maximum Gasteiger partial charge on any atom is 0.408 e. The van der Waals surface area contributed by atoms with Crippen LogP contribution in [0.5, 0.6) is 0 Å². The van der Waals surface area contributed by atoms with Crippen LogP contribution >= 0.6 is 27.7 Å². The zero-order valence-corrected chi connectivity index (χ0v) is 16.8. The van der Waals surface area contributed by atoms with E-state index in [0.29, 0.717) is 19.4 Å². The summed E-state index contributed by atoms with van der Waals surface area (Å²) in [7, 11) is 0. The Balaban J connectivity index is 1.78. The number of nitrogens with one attached hydrogen (secondary N) is 2. The molecule has 7 nitrogen and oxygen atoms in total. The average molecular weight is 444 g/mol. The van der Waals surface area contributed by atoms with Gasteiger partial charge in [0, 0.05) is 6.42 Å². The van der Waals surface area contributed by atoms with Crippen molar-refractivity contribution < 1.29 is 19.2 Å². The summed E-state index contributed by atoms with van der Waals surface area (Å²) >= 11 is 4.86. The Hall–Kier alpha value is -1.74. The molecule has 1 heterocycles. The summed E-state index contributed by atoms with van der Waals surface area (Å²) in [6, 6.07) is 8.72. The van der Waals surface area contributed by atoms with Gasteiger partial charge in [0.15, 0.2) is 6.10 Å². The second-order valence-corrected chi connectivity index (χ2v) is 7.59. The molecule has 9 heteroatoms. The van der Waals surface area contributed by atoms with Gasteiger partial charge in [-0.2, -0.15) is 11.8 Å². The van der Waals surface area contributed by atoms with Crippen LogP contribution in [0.1, 0.15) is 18.4 Å². The van der Waals surface area contributed by atoms with Crippen molar-refractivity contribution >= 4 is 44.3 Å². The van der Waals surface area contributed by atoms with E-state index in [1.54, 1.807) is 11.8 Å². The Labute approximate surface area is 165 Å². The molecule has 0 aromatic heterocycles. The number of ether oxygens (including phenoxy) is 1. The minimum Gasteiger partial charge on any atom is -0.445 e. The fraction of sp³-hybridized carbons (Fsp3) is 0.471. The van der Waals surface area contributed by atoms with E-state index in [9.17, 15) is 9.59 Å². The number of alkyl carbamates (subject to hydrolysis) is 1. The lowest BCUT2D eigenvalue weighted by Gasteiger charge is -2.19. The van der Waals surface area contributed by atoms with Gasteiger partial charge in [-0.25, -0.2) is 4.79 Å². The highest BCUT2D eigenvalue weighted by Crippen LogP contribution is 2.13. The van der Waals surface area contributed by atoms with Crippen molar-refractivity contribution in [2.45, 2.75) is 31.6 Å². The van der Waals surface area contributed by atoms with Gasteiger partial charge in [0.05, 0.1) is 6.54 Å². The molecule has 0 saturated heterocycles. The van der Waals surface area contributed by atoms with Gasteiger partial charge in [0.2, 0.25) is 5.91 Å². The monoisotopic (exact) mass is 443 g/mol. The molecule has 0 spiro atoms. The molecular formula is C17H22BrN3O4S. The van der Waals surface area contributed by atoms with Gasteiger partial charge in [-0.15, -0.1) is 0 Å². The Kier molecular flexibility index (Phi) is 8.76. The van der Waals surface area contributed by atoms with Crippen molar-refractivity contribution in [2.75, 3.05) is 18.6 Å². The minimum absolute atomic E-state index is 0.158. The summed E-state index contributed by atoms with van der Waals surface area (Å²) in [5, 5.41) is 9.22. The molecule has 1 aliphatic heterocycles. The smallest absolute Gasteiger partial charge is 0.408 e. The molecule has 2 rings (SSSR count). The van der Waals surface area contributed by atoms with Crippen molar-refractivity contribution in [2.24, 2.45) is 5.16 Å². The summed E-state index contributed by atoms with van der Waals surface area (Å²) in [4.78, 5) is 29.6. The van der Waals surface area contributed by atoms with Crippen LogP contribution < -0.4 is 10.6 Å². The second kappa shape index (κ2) is 11.1. The molecule has 26 heavy (non-hydrogen) atoms. The van der Waals surface area contributed by atoms with E-state index in [0.717, 1.165) is 15.9 Å². The van der Waals surface area contributed by atoms with E-state index >= 15 is 0 Å². The first-order valence-electron chi connectivity index (χ1n) is 8.20. The van der Waals surface area contributed by atoms with E-state index in [4.69, 9.17) is 9.57 Å². The van der Waals surface area contributed by atoms with Gasteiger partial charge in [-0.05, 0) is 39.9 Å². The fourth-order valence-electron chi connectivity index (χ4n) is 2.25. The standard InChI is InChI=1S/C17H22BrN3O4S/c1-26-8-7-14(16(22)19-10-13-9-15(18)21-25-13)20-17(23)24-11-12-5-3-2-4-6-12/h2-6,13-14H,7-11H2,1H3,(H,19,22)(H,20,23)/t13?,14-/m0/s1. The number of carbonyl (C=O) groups is 2. The predicted octanol–water partition coefficient (Wildman–Crippen LogP) is 2.65. The van der Waals surface area contributed by atoms with Crippen LogP contribution in [-0.2, 0) is 21.0 Å². The maximum absolute atomic E-state index is 12.4. The molecule has 0 bridgehead atoms. The number of thioether (sulfide) groups is 1. The summed E-state index contributed by atoms with van der Waals surface area (Å²) in [6.45, 7) is 0.485. The molecule has 1 unspecified atom stereocenters. The normalized spacial score (nSPS) is 17.0. The topological polar surface area (TPSA) is 89.0 Å². The van der Waals surface area contributed by atoms with Crippen molar-refractivity contribution in [3.8, 4) is 0 Å². The number of benzene rings is 1. The number of oxime groups is 1. The predicted molar refractivity (Wildman–Crippen MR) is 105 cm³/mol. The third kappa shape index (κ3) is 7.25. The van der Waals surface area contributed by atoms with Crippen molar-refractivity contribution in [1.29, 1.82) is 0 Å². The molecule has 0 fully saturated rings. The lowest BCUT2D eigenvalue weighted by atomic mass is 10.2. The number of hydrogen-bond donors (Lipinski definition) is 2. The van der Waals surface area contributed by atoms with Crippen LogP contribution in [0.4, 0.5) is 4.79 Å². The van der Waals surface area contributed by atoms with Crippen LogP contribution in [0.15, 0.2) is 35.5 Å². The van der Waals surface area contributed by atoms with E-state index in [1.807, 2.05) is 36.6 Å². The molecule has 2 atom stereocenters. The molecule has 0 saturated carbocycles. The Morgan fingerprint density at radius 2 is 2.19 bits per heavy atom. The van der Waals surface area contributed by atoms with Gasteiger partial charge in [-0.3, -0.25) is 4.79 Å². The fourth-order valence-corrected chi connectivity index (χ4v) is 3.17. The SMILES string of the molecule is CSCC[C@H](NC(=O)OCc1ccccc1)C(=O)NCC1CC(Br)=NO1. The van der Waals surface area contributed by atoms with E-state index < -0.39 is 12.1 Å². The quantitative estimate of drug-likeness (QED) is 0.612. The summed E-state index contributed by atoms with van der Waals surface area (Å²) in [5.41, 5.74) is 0.886. The first-order valence-corrected chi connectivity index (χ1v) is 10.4.